The van der Waals surface area contributed by atoms with Gasteiger partial charge in [0.25, 0.3) is 5.91 Å². The molecule has 5 N–H and O–H groups in total. The van der Waals surface area contributed by atoms with Crippen LogP contribution in [-0.2, 0) is 4.79 Å². The summed E-state index contributed by atoms with van der Waals surface area (Å²) in [6.45, 7) is 1.98. The van der Waals surface area contributed by atoms with E-state index in [2.05, 4.69) is 16.4 Å². The Morgan fingerprint density at radius 1 is 1.29 bits per heavy atom. The molecule has 1 unspecified atom stereocenters. The van der Waals surface area contributed by atoms with E-state index in [0.717, 1.165) is 31.2 Å². The molecular formula is C18H23N5O. The average Bonchev–Trinajstić information content (AvgIpc) is 2.57. The summed E-state index contributed by atoms with van der Waals surface area (Å²) in [5.74, 6) is -0.664. The van der Waals surface area contributed by atoms with Crippen molar-refractivity contribution in [3.05, 3.63) is 41.6 Å². The maximum atomic E-state index is 11.7. The monoisotopic (exact) mass is 325 g/mol. The normalized spacial score (nSPS) is 21.8. The number of primary amides is 1. The first-order valence-corrected chi connectivity index (χ1v) is 8.08. The van der Waals surface area contributed by atoms with E-state index in [9.17, 15) is 10.1 Å². The number of nitrogens with two attached hydrogens (primary N) is 2. The van der Waals surface area contributed by atoms with Crippen LogP contribution in [0.4, 0.5) is 5.69 Å². The van der Waals surface area contributed by atoms with Gasteiger partial charge in [0.05, 0.1) is 23.2 Å². The van der Waals surface area contributed by atoms with Gasteiger partial charge in [0, 0.05) is 12.2 Å². The third kappa shape index (κ3) is 4.59. The van der Waals surface area contributed by atoms with Crippen LogP contribution in [-0.4, -0.2) is 17.8 Å². The Morgan fingerprint density at radius 3 is 2.58 bits per heavy atom. The first-order chi connectivity index (χ1) is 11.5. The zero-order chi connectivity index (χ0) is 17.5. The van der Waals surface area contributed by atoms with Crippen LogP contribution in [0.3, 0.4) is 0 Å². The number of nitrogens with zero attached hydrogens (tertiary/aromatic N) is 2. The molecule has 0 aliphatic heterocycles. The lowest BCUT2D eigenvalue weighted by Crippen LogP contribution is -2.37. The summed E-state index contributed by atoms with van der Waals surface area (Å²) in [4.78, 5) is 15.9. The zero-order valence-corrected chi connectivity index (χ0v) is 13.8. The van der Waals surface area contributed by atoms with E-state index < -0.39 is 5.91 Å². The Balaban J connectivity index is 2.17. The number of aliphatic imine (C=N–C) groups is 1. The molecule has 0 bridgehead atoms. The fourth-order valence-electron chi connectivity index (χ4n) is 2.77. The smallest absolute Gasteiger partial charge is 0.253 e. The molecular weight excluding hydrogens is 302 g/mol. The number of amides is 1. The number of aryl methyl sites for hydroxylation is 1. The lowest BCUT2D eigenvalue weighted by molar-refractivity contribution is -0.114. The van der Waals surface area contributed by atoms with Crippen molar-refractivity contribution >= 4 is 17.4 Å². The van der Waals surface area contributed by atoms with Crippen molar-refractivity contribution in [3.8, 4) is 6.07 Å². The SMILES string of the molecule is Cc1ccc(N=C(N)/C(=C\N[C@H]2CCCCC2C#N)C(N)=O)cc1. The summed E-state index contributed by atoms with van der Waals surface area (Å²) >= 11 is 0. The standard InChI is InChI=1S/C18H23N5O/c1-12-6-8-14(9-7-12)23-17(20)15(18(21)24)11-22-16-5-3-2-4-13(16)10-19/h6-9,11,13,16,22H,2-5H2,1H3,(H2,20,23)(H2,21,24)/b15-11+/t13?,16-/m0/s1. The van der Waals surface area contributed by atoms with Crippen LogP contribution >= 0.6 is 0 Å². The molecule has 0 spiro atoms. The van der Waals surface area contributed by atoms with Crippen LogP contribution in [0.25, 0.3) is 0 Å². The summed E-state index contributed by atoms with van der Waals surface area (Å²) in [5, 5.41) is 12.3. The van der Waals surface area contributed by atoms with Crippen LogP contribution in [0.15, 0.2) is 41.0 Å². The van der Waals surface area contributed by atoms with Gasteiger partial charge >= 0.3 is 0 Å². The molecule has 0 radical (unpaired) electrons. The molecule has 1 fully saturated rings. The first kappa shape index (κ1) is 17.5. The summed E-state index contributed by atoms with van der Waals surface area (Å²) in [6.07, 6.45) is 5.36. The molecule has 126 valence electrons. The highest BCUT2D eigenvalue weighted by atomic mass is 16.1. The minimum absolute atomic E-state index is 0.00488. The molecule has 0 saturated heterocycles. The molecule has 2 atom stereocenters. The zero-order valence-electron chi connectivity index (χ0n) is 13.8. The summed E-state index contributed by atoms with van der Waals surface area (Å²) in [7, 11) is 0. The predicted octanol–water partition coefficient (Wildman–Crippen LogP) is 2.02. The first-order valence-electron chi connectivity index (χ1n) is 8.08. The molecule has 0 aromatic heterocycles. The fourth-order valence-corrected chi connectivity index (χ4v) is 2.77. The second-order valence-corrected chi connectivity index (χ2v) is 6.05. The molecule has 1 amide bonds. The highest BCUT2D eigenvalue weighted by Gasteiger charge is 2.24. The molecule has 1 aromatic rings. The molecule has 1 aliphatic rings. The maximum Gasteiger partial charge on any atom is 0.253 e. The Hall–Kier alpha value is -2.81. The fraction of sp³-hybridized carbons (Fsp3) is 0.389. The minimum atomic E-state index is -0.653. The van der Waals surface area contributed by atoms with Crippen LogP contribution < -0.4 is 16.8 Å². The lowest BCUT2D eigenvalue weighted by Gasteiger charge is -2.27. The van der Waals surface area contributed by atoms with Gasteiger partial charge in [-0.15, -0.1) is 0 Å². The Kier molecular flexibility index (Phi) is 5.96. The van der Waals surface area contributed by atoms with Crippen molar-refractivity contribution in [1.29, 1.82) is 5.26 Å². The summed E-state index contributed by atoms with van der Waals surface area (Å²) < 4.78 is 0. The van der Waals surface area contributed by atoms with Gasteiger partial charge in [-0.25, -0.2) is 4.99 Å². The molecule has 1 aliphatic carbocycles. The number of carbonyl (C=O) groups is 1. The van der Waals surface area contributed by atoms with E-state index in [4.69, 9.17) is 11.5 Å². The lowest BCUT2D eigenvalue weighted by atomic mass is 9.85. The maximum absolute atomic E-state index is 11.7. The average molecular weight is 325 g/mol. The highest BCUT2D eigenvalue weighted by molar-refractivity contribution is 6.20. The van der Waals surface area contributed by atoms with Gasteiger partial charge in [0.15, 0.2) is 0 Å². The van der Waals surface area contributed by atoms with E-state index in [-0.39, 0.29) is 23.4 Å². The van der Waals surface area contributed by atoms with E-state index >= 15 is 0 Å². The number of carbonyl (C=O) groups excluding carboxylic acids is 1. The number of nitrogens with one attached hydrogen (secondary N) is 1. The number of hydrogen-bond donors (Lipinski definition) is 3. The largest absolute Gasteiger partial charge is 0.386 e. The quantitative estimate of drug-likeness (QED) is 0.436. The molecule has 24 heavy (non-hydrogen) atoms. The van der Waals surface area contributed by atoms with Gasteiger partial charge in [0.1, 0.15) is 5.84 Å². The van der Waals surface area contributed by atoms with E-state index in [0.29, 0.717) is 5.69 Å². The molecule has 0 heterocycles. The topological polar surface area (TPSA) is 117 Å². The molecule has 1 saturated carbocycles. The van der Waals surface area contributed by atoms with E-state index in [1.807, 2.05) is 31.2 Å². The summed E-state index contributed by atoms with van der Waals surface area (Å²) in [5.41, 5.74) is 13.3. The van der Waals surface area contributed by atoms with Crippen molar-refractivity contribution < 1.29 is 4.79 Å². The Labute approximate surface area is 142 Å². The number of amidine groups is 1. The molecule has 6 nitrogen and oxygen atoms in total. The molecule has 6 heteroatoms. The van der Waals surface area contributed by atoms with E-state index in [1.54, 1.807) is 0 Å². The van der Waals surface area contributed by atoms with Gasteiger partial charge in [-0.05, 0) is 31.9 Å². The summed E-state index contributed by atoms with van der Waals surface area (Å²) in [6, 6.07) is 9.79. The van der Waals surface area contributed by atoms with Crippen molar-refractivity contribution in [3.63, 3.8) is 0 Å². The van der Waals surface area contributed by atoms with Crippen molar-refractivity contribution in [2.45, 2.75) is 38.6 Å². The van der Waals surface area contributed by atoms with Crippen molar-refractivity contribution in [1.82, 2.24) is 5.32 Å². The highest BCUT2D eigenvalue weighted by Crippen LogP contribution is 2.23. The number of benzene rings is 1. The van der Waals surface area contributed by atoms with Gasteiger partial charge in [-0.2, -0.15) is 5.26 Å². The van der Waals surface area contributed by atoms with Gasteiger partial charge < -0.3 is 16.8 Å². The van der Waals surface area contributed by atoms with Crippen LogP contribution in [0.2, 0.25) is 0 Å². The third-order valence-electron chi connectivity index (χ3n) is 4.20. The molecule has 1 aromatic carbocycles. The van der Waals surface area contributed by atoms with Crippen LogP contribution in [0, 0.1) is 24.2 Å². The van der Waals surface area contributed by atoms with Gasteiger partial charge in [0.2, 0.25) is 0 Å². The van der Waals surface area contributed by atoms with Crippen molar-refractivity contribution in [2.24, 2.45) is 22.4 Å². The minimum Gasteiger partial charge on any atom is -0.386 e. The van der Waals surface area contributed by atoms with Gasteiger partial charge in [-0.1, -0.05) is 30.5 Å². The van der Waals surface area contributed by atoms with E-state index in [1.165, 1.54) is 6.20 Å². The van der Waals surface area contributed by atoms with Gasteiger partial charge in [-0.3, -0.25) is 4.79 Å². The number of nitriles is 1. The number of rotatable bonds is 5. The van der Waals surface area contributed by atoms with Crippen LogP contribution in [0.5, 0.6) is 0 Å². The van der Waals surface area contributed by atoms with Crippen LogP contribution in [0.1, 0.15) is 31.2 Å². The predicted molar refractivity (Wildman–Crippen MR) is 94.2 cm³/mol. The second-order valence-electron chi connectivity index (χ2n) is 6.05. The molecule has 2 rings (SSSR count). The second kappa shape index (κ2) is 8.16. The third-order valence-corrected chi connectivity index (χ3v) is 4.20. The number of hydrogen-bond acceptors (Lipinski definition) is 4. The Morgan fingerprint density at radius 2 is 1.96 bits per heavy atom. The Bertz CT molecular complexity index is 684. The van der Waals surface area contributed by atoms with Crippen molar-refractivity contribution in [2.75, 3.05) is 0 Å².